The molecule has 0 heterocycles. The van der Waals surface area contributed by atoms with E-state index in [2.05, 4.69) is 5.32 Å². The highest BCUT2D eigenvalue weighted by atomic mass is 35.5. The topological polar surface area (TPSA) is 86.8 Å². The van der Waals surface area contributed by atoms with E-state index in [0.29, 0.717) is 17.1 Å². The zero-order valence-corrected chi connectivity index (χ0v) is 28.9. The Labute approximate surface area is 286 Å². The normalized spacial score (nSPS) is 12.1. The van der Waals surface area contributed by atoms with Gasteiger partial charge in [0.2, 0.25) is 11.8 Å². The van der Waals surface area contributed by atoms with Crippen molar-refractivity contribution in [1.29, 1.82) is 0 Å². The van der Waals surface area contributed by atoms with Crippen LogP contribution in [0, 0.1) is 12.8 Å². The van der Waals surface area contributed by atoms with Crippen molar-refractivity contribution in [3.8, 4) is 0 Å². The van der Waals surface area contributed by atoms with E-state index in [1.54, 1.807) is 42.5 Å². The first-order chi connectivity index (χ1) is 21.9. The number of halogens is 3. The SMILES string of the molecule is Cc1ccc(S(=O)(=O)N(CC(=O)N(Cc2cccc(Cl)c2)[C@H](Cc2ccccc2)C(=O)NCC(C)C)c2cccc(Cl)c2Cl)cc1. The number of rotatable bonds is 13. The molecule has 1 atom stereocenters. The average Bonchev–Trinajstić information content (AvgIpc) is 3.02. The van der Waals surface area contributed by atoms with E-state index in [0.717, 1.165) is 15.4 Å². The van der Waals surface area contributed by atoms with Gasteiger partial charge in [0.1, 0.15) is 12.6 Å². The Hall–Kier alpha value is -3.56. The summed E-state index contributed by atoms with van der Waals surface area (Å²) in [5, 5.41) is 3.53. The predicted octanol–water partition coefficient (Wildman–Crippen LogP) is 7.56. The molecule has 0 spiro atoms. The summed E-state index contributed by atoms with van der Waals surface area (Å²) in [6.45, 7) is 5.53. The first-order valence-corrected chi connectivity index (χ1v) is 17.3. The van der Waals surface area contributed by atoms with Gasteiger partial charge in [-0.2, -0.15) is 0 Å². The Bertz CT molecular complexity index is 1770. The first kappa shape index (κ1) is 35.3. The fourth-order valence-electron chi connectivity index (χ4n) is 4.84. The van der Waals surface area contributed by atoms with Crippen LogP contribution in [0.4, 0.5) is 5.69 Å². The van der Waals surface area contributed by atoms with Gasteiger partial charge in [0.15, 0.2) is 0 Å². The Morgan fingerprint density at radius 1 is 0.826 bits per heavy atom. The van der Waals surface area contributed by atoms with Crippen molar-refractivity contribution in [2.24, 2.45) is 5.92 Å². The van der Waals surface area contributed by atoms with Crippen LogP contribution in [0.2, 0.25) is 15.1 Å². The molecule has 0 aromatic heterocycles. The van der Waals surface area contributed by atoms with Crippen LogP contribution in [0.3, 0.4) is 0 Å². The maximum absolute atomic E-state index is 14.5. The molecule has 2 amide bonds. The highest BCUT2D eigenvalue weighted by molar-refractivity contribution is 7.92. The Kier molecular flexibility index (Phi) is 12.1. The number of nitrogens with one attached hydrogen (secondary N) is 1. The number of hydrogen-bond donors (Lipinski definition) is 1. The van der Waals surface area contributed by atoms with Crippen LogP contribution in [0.25, 0.3) is 0 Å². The summed E-state index contributed by atoms with van der Waals surface area (Å²) in [7, 11) is -4.32. The number of amides is 2. The number of anilines is 1. The lowest BCUT2D eigenvalue weighted by Gasteiger charge is -2.34. The molecule has 4 aromatic rings. The molecular formula is C35H36Cl3N3O4S. The summed E-state index contributed by atoms with van der Waals surface area (Å²) in [5.41, 5.74) is 2.41. The van der Waals surface area contributed by atoms with Gasteiger partial charge in [0.05, 0.1) is 20.6 Å². The average molecular weight is 701 g/mol. The molecule has 0 aliphatic carbocycles. The predicted molar refractivity (Wildman–Crippen MR) is 186 cm³/mol. The molecule has 0 saturated carbocycles. The van der Waals surface area contributed by atoms with Gasteiger partial charge in [-0.3, -0.25) is 13.9 Å². The quantitative estimate of drug-likeness (QED) is 0.156. The van der Waals surface area contributed by atoms with E-state index in [4.69, 9.17) is 34.8 Å². The maximum Gasteiger partial charge on any atom is 0.264 e. The molecule has 7 nitrogen and oxygen atoms in total. The smallest absolute Gasteiger partial charge is 0.264 e. The van der Waals surface area contributed by atoms with Crippen LogP contribution in [0.15, 0.2) is 102 Å². The van der Waals surface area contributed by atoms with Gasteiger partial charge < -0.3 is 10.2 Å². The second-order valence-corrected chi connectivity index (χ2v) is 14.5. The number of sulfonamides is 1. The maximum atomic E-state index is 14.5. The van der Waals surface area contributed by atoms with Crippen LogP contribution in [0.1, 0.15) is 30.5 Å². The summed E-state index contributed by atoms with van der Waals surface area (Å²) >= 11 is 19.2. The van der Waals surface area contributed by atoms with E-state index in [1.807, 2.05) is 51.1 Å². The molecule has 0 saturated heterocycles. The fraction of sp³-hybridized carbons (Fsp3) is 0.257. The summed E-state index contributed by atoms with van der Waals surface area (Å²) in [5.74, 6) is -0.812. The Morgan fingerprint density at radius 2 is 1.48 bits per heavy atom. The summed E-state index contributed by atoms with van der Waals surface area (Å²) < 4.78 is 29.3. The monoisotopic (exact) mass is 699 g/mol. The second-order valence-electron chi connectivity index (χ2n) is 11.4. The molecule has 46 heavy (non-hydrogen) atoms. The number of aryl methyl sites for hydroxylation is 1. The molecule has 0 unspecified atom stereocenters. The van der Waals surface area contributed by atoms with E-state index in [1.165, 1.54) is 29.2 Å². The van der Waals surface area contributed by atoms with E-state index in [-0.39, 0.29) is 45.4 Å². The third-order valence-electron chi connectivity index (χ3n) is 7.29. The third-order valence-corrected chi connectivity index (χ3v) is 10.1. The van der Waals surface area contributed by atoms with E-state index in [9.17, 15) is 18.0 Å². The van der Waals surface area contributed by atoms with Gasteiger partial charge in [0.25, 0.3) is 10.0 Å². The van der Waals surface area contributed by atoms with E-state index >= 15 is 0 Å². The van der Waals surface area contributed by atoms with Crippen molar-refractivity contribution < 1.29 is 18.0 Å². The molecule has 242 valence electrons. The van der Waals surface area contributed by atoms with Gasteiger partial charge in [-0.1, -0.05) is 115 Å². The van der Waals surface area contributed by atoms with Gasteiger partial charge >= 0.3 is 0 Å². The summed E-state index contributed by atoms with van der Waals surface area (Å²) in [6.07, 6.45) is 0.194. The molecule has 0 radical (unpaired) electrons. The molecule has 0 aliphatic heterocycles. The van der Waals surface area contributed by atoms with Gasteiger partial charge in [0, 0.05) is 24.5 Å². The van der Waals surface area contributed by atoms with Crippen molar-refractivity contribution in [1.82, 2.24) is 10.2 Å². The molecule has 4 rings (SSSR count). The van der Waals surface area contributed by atoms with Crippen LogP contribution < -0.4 is 9.62 Å². The summed E-state index contributed by atoms with van der Waals surface area (Å²) in [4.78, 5) is 29.8. The minimum absolute atomic E-state index is 0.00626. The third kappa shape index (κ3) is 9.04. The lowest BCUT2D eigenvalue weighted by Crippen LogP contribution is -2.53. The van der Waals surface area contributed by atoms with Crippen LogP contribution in [-0.2, 0) is 32.6 Å². The van der Waals surface area contributed by atoms with Crippen molar-refractivity contribution in [3.63, 3.8) is 0 Å². The number of carbonyl (C=O) groups is 2. The number of hydrogen-bond acceptors (Lipinski definition) is 4. The highest BCUT2D eigenvalue weighted by Gasteiger charge is 2.35. The molecule has 0 aliphatic rings. The van der Waals surface area contributed by atoms with Crippen LogP contribution >= 0.6 is 34.8 Å². The zero-order chi connectivity index (χ0) is 33.4. The molecule has 4 aromatic carbocycles. The van der Waals surface area contributed by atoms with Gasteiger partial charge in [-0.05, 0) is 60.4 Å². The van der Waals surface area contributed by atoms with Crippen molar-refractivity contribution >= 4 is 62.3 Å². The first-order valence-electron chi connectivity index (χ1n) is 14.8. The Morgan fingerprint density at radius 3 is 2.13 bits per heavy atom. The van der Waals surface area contributed by atoms with E-state index < -0.39 is 28.5 Å². The Balaban J connectivity index is 1.83. The fourth-order valence-corrected chi connectivity index (χ4v) is 6.93. The standard InChI is InChI=1S/C35H36Cl3N3O4S/c1-24(2)21-39-35(43)32(20-26-9-5-4-6-10-26)40(22-27-11-7-12-28(36)19-27)33(42)23-41(31-14-8-13-30(37)34(31)38)46(44,45)29-17-15-25(3)16-18-29/h4-19,24,32H,20-23H2,1-3H3,(H,39,43)/t32-/m1/s1. The summed E-state index contributed by atoms with van der Waals surface area (Å²) in [6, 6.07) is 26.2. The van der Waals surface area contributed by atoms with Crippen LogP contribution in [0.5, 0.6) is 0 Å². The molecular weight excluding hydrogens is 665 g/mol. The van der Waals surface area contributed by atoms with Crippen molar-refractivity contribution in [2.45, 2.75) is 44.7 Å². The lowest BCUT2D eigenvalue weighted by molar-refractivity contribution is -0.140. The number of nitrogens with zero attached hydrogens (tertiary/aromatic N) is 2. The zero-order valence-electron chi connectivity index (χ0n) is 25.8. The molecule has 1 N–H and O–H groups in total. The largest absolute Gasteiger partial charge is 0.354 e. The van der Waals surface area contributed by atoms with Crippen molar-refractivity contribution in [3.05, 3.63) is 129 Å². The second kappa shape index (κ2) is 15.8. The minimum Gasteiger partial charge on any atom is -0.354 e. The minimum atomic E-state index is -4.32. The highest BCUT2D eigenvalue weighted by Crippen LogP contribution is 2.35. The van der Waals surface area contributed by atoms with Gasteiger partial charge in [-0.15, -0.1) is 0 Å². The number of carbonyl (C=O) groups excluding carboxylic acids is 2. The molecule has 0 bridgehead atoms. The van der Waals surface area contributed by atoms with Crippen molar-refractivity contribution in [2.75, 3.05) is 17.4 Å². The lowest BCUT2D eigenvalue weighted by atomic mass is 10.0. The van der Waals surface area contributed by atoms with Crippen LogP contribution in [-0.4, -0.2) is 44.3 Å². The van der Waals surface area contributed by atoms with Gasteiger partial charge in [-0.25, -0.2) is 8.42 Å². The molecule has 0 fully saturated rings. The molecule has 11 heteroatoms. The number of benzene rings is 4.